The van der Waals surface area contributed by atoms with Crippen LogP contribution in [0.25, 0.3) is 0 Å². The van der Waals surface area contributed by atoms with Gasteiger partial charge in [0.1, 0.15) is 0 Å². The highest BCUT2D eigenvalue weighted by Crippen LogP contribution is 2.31. The van der Waals surface area contributed by atoms with Crippen molar-refractivity contribution in [2.75, 3.05) is 23.3 Å². The summed E-state index contributed by atoms with van der Waals surface area (Å²) in [5.74, 6) is -0.0195. The number of benzene rings is 2. The molecular formula is C18H19ClN2O. The number of anilines is 2. The van der Waals surface area contributed by atoms with Crippen LogP contribution in [0.4, 0.5) is 11.4 Å². The molecule has 0 atom stereocenters. The third-order valence-corrected chi connectivity index (χ3v) is 4.12. The molecule has 22 heavy (non-hydrogen) atoms. The second-order valence-corrected chi connectivity index (χ2v) is 6.00. The Morgan fingerprint density at radius 1 is 1.09 bits per heavy atom. The van der Waals surface area contributed by atoms with E-state index < -0.39 is 0 Å². The van der Waals surface area contributed by atoms with E-state index in [9.17, 15) is 4.79 Å². The fourth-order valence-corrected chi connectivity index (χ4v) is 2.99. The summed E-state index contributed by atoms with van der Waals surface area (Å²) in [6, 6.07) is 15.4. The molecule has 0 aliphatic carbocycles. The SMILES string of the molecule is O=C(Cc1ccccc1)Nc1cc(Cl)ccc1N1CCCC1. The quantitative estimate of drug-likeness (QED) is 0.920. The van der Waals surface area contributed by atoms with Gasteiger partial charge in [0.05, 0.1) is 17.8 Å². The van der Waals surface area contributed by atoms with E-state index >= 15 is 0 Å². The smallest absolute Gasteiger partial charge is 0.228 e. The number of nitrogens with zero attached hydrogens (tertiary/aromatic N) is 1. The molecule has 0 bridgehead atoms. The number of halogens is 1. The van der Waals surface area contributed by atoms with Gasteiger partial charge in [0.25, 0.3) is 0 Å². The van der Waals surface area contributed by atoms with E-state index in [1.165, 1.54) is 12.8 Å². The Bertz CT molecular complexity index is 651. The van der Waals surface area contributed by atoms with Gasteiger partial charge in [-0.05, 0) is 36.6 Å². The molecule has 0 spiro atoms. The number of hydrogen-bond donors (Lipinski definition) is 1. The van der Waals surface area contributed by atoms with Gasteiger partial charge in [-0.25, -0.2) is 0 Å². The van der Waals surface area contributed by atoms with Crippen molar-refractivity contribution in [3.8, 4) is 0 Å². The van der Waals surface area contributed by atoms with Crippen molar-refractivity contribution in [3.05, 3.63) is 59.1 Å². The molecule has 1 aliphatic heterocycles. The highest BCUT2D eigenvalue weighted by Gasteiger charge is 2.17. The summed E-state index contributed by atoms with van der Waals surface area (Å²) >= 11 is 6.10. The maximum absolute atomic E-state index is 12.3. The van der Waals surface area contributed by atoms with Crippen molar-refractivity contribution >= 4 is 28.9 Å². The summed E-state index contributed by atoms with van der Waals surface area (Å²) < 4.78 is 0. The fraction of sp³-hybridized carbons (Fsp3) is 0.278. The van der Waals surface area contributed by atoms with Crippen LogP contribution in [-0.4, -0.2) is 19.0 Å². The van der Waals surface area contributed by atoms with E-state index in [0.29, 0.717) is 11.4 Å². The average molecular weight is 315 g/mol. The lowest BCUT2D eigenvalue weighted by atomic mass is 10.1. The maximum Gasteiger partial charge on any atom is 0.228 e. The van der Waals surface area contributed by atoms with E-state index in [1.54, 1.807) is 0 Å². The van der Waals surface area contributed by atoms with Gasteiger partial charge in [-0.1, -0.05) is 41.9 Å². The molecule has 1 fully saturated rings. The predicted octanol–water partition coefficient (Wildman–Crippen LogP) is 4.12. The summed E-state index contributed by atoms with van der Waals surface area (Å²) in [5.41, 5.74) is 2.86. The Balaban J connectivity index is 1.76. The Kier molecular flexibility index (Phi) is 4.64. The van der Waals surface area contributed by atoms with E-state index in [1.807, 2.05) is 48.5 Å². The lowest BCUT2D eigenvalue weighted by Gasteiger charge is -2.22. The molecule has 0 aromatic heterocycles. The zero-order valence-electron chi connectivity index (χ0n) is 12.4. The lowest BCUT2D eigenvalue weighted by molar-refractivity contribution is -0.115. The molecule has 2 aromatic rings. The third kappa shape index (κ3) is 3.60. The molecule has 1 amide bonds. The molecular weight excluding hydrogens is 296 g/mol. The zero-order chi connectivity index (χ0) is 15.4. The molecule has 1 N–H and O–H groups in total. The van der Waals surface area contributed by atoms with Crippen LogP contribution in [-0.2, 0) is 11.2 Å². The number of nitrogens with one attached hydrogen (secondary N) is 1. The first-order chi connectivity index (χ1) is 10.7. The van der Waals surface area contributed by atoms with Crippen LogP contribution in [0.3, 0.4) is 0 Å². The topological polar surface area (TPSA) is 32.3 Å². The number of amides is 1. The summed E-state index contributed by atoms with van der Waals surface area (Å²) in [7, 11) is 0. The second kappa shape index (κ2) is 6.84. The number of carbonyl (C=O) groups excluding carboxylic acids is 1. The van der Waals surface area contributed by atoms with E-state index in [4.69, 9.17) is 11.6 Å². The summed E-state index contributed by atoms with van der Waals surface area (Å²) in [5, 5.41) is 3.65. The van der Waals surface area contributed by atoms with Gasteiger partial charge < -0.3 is 10.2 Å². The first-order valence-corrected chi connectivity index (χ1v) is 7.98. The number of carbonyl (C=O) groups is 1. The van der Waals surface area contributed by atoms with Crippen LogP contribution in [0.15, 0.2) is 48.5 Å². The van der Waals surface area contributed by atoms with Gasteiger partial charge in [-0.3, -0.25) is 4.79 Å². The normalized spacial score (nSPS) is 14.1. The first kappa shape index (κ1) is 14.9. The van der Waals surface area contributed by atoms with Crippen molar-refractivity contribution in [2.24, 2.45) is 0 Å². The van der Waals surface area contributed by atoms with Crippen LogP contribution in [0, 0.1) is 0 Å². The average Bonchev–Trinajstić information content (AvgIpc) is 3.02. The summed E-state index contributed by atoms with van der Waals surface area (Å²) in [6.45, 7) is 2.06. The molecule has 4 heteroatoms. The zero-order valence-corrected chi connectivity index (χ0v) is 13.1. The van der Waals surface area contributed by atoms with Gasteiger partial charge in [-0.2, -0.15) is 0 Å². The predicted molar refractivity (Wildman–Crippen MR) is 91.7 cm³/mol. The summed E-state index contributed by atoms with van der Waals surface area (Å²) in [4.78, 5) is 14.6. The monoisotopic (exact) mass is 314 g/mol. The van der Waals surface area contributed by atoms with Crippen molar-refractivity contribution in [2.45, 2.75) is 19.3 Å². The van der Waals surface area contributed by atoms with Gasteiger partial charge in [0.2, 0.25) is 5.91 Å². The molecule has 114 valence electrons. The molecule has 0 saturated carbocycles. The van der Waals surface area contributed by atoms with Crippen molar-refractivity contribution < 1.29 is 4.79 Å². The van der Waals surface area contributed by atoms with Crippen LogP contribution in [0.5, 0.6) is 0 Å². The largest absolute Gasteiger partial charge is 0.370 e. The van der Waals surface area contributed by atoms with Crippen LogP contribution >= 0.6 is 11.6 Å². The van der Waals surface area contributed by atoms with E-state index in [-0.39, 0.29) is 5.91 Å². The van der Waals surface area contributed by atoms with Crippen molar-refractivity contribution in [1.29, 1.82) is 0 Å². The van der Waals surface area contributed by atoms with Crippen LogP contribution in [0.1, 0.15) is 18.4 Å². The lowest BCUT2D eigenvalue weighted by Crippen LogP contribution is -2.21. The standard InChI is InChI=1S/C18H19ClN2O/c19-15-8-9-17(21-10-4-5-11-21)16(13-15)20-18(22)12-14-6-2-1-3-7-14/h1-3,6-9,13H,4-5,10-12H2,(H,20,22). The van der Waals surface area contributed by atoms with Gasteiger partial charge >= 0.3 is 0 Å². The molecule has 3 nitrogen and oxygen atoms in total. The van der Waals surface area contributed by atoms with Gasteiger partial charge in [0.15, 0.2) is 0 Å². The minimum absolute atomic E-state index is 0.0195. The number of hydrogen-bond acceptors (Lipinski definition) is 2. The van der Waals surface area contributed by atoms with E-state index in [0.717, 1.165) is 30.0 Å². The fourth-order valence-electron chi connectivity index (χ4n) is 2.82. The summed E-state index contributed by atoms with van der Waals surface area (Å²) in [6.07, 6.45) is 2.76. The van der Waals surface area contributed by atoms with Crippen molar-refractivity contribution in [1.82, 2.24) is 0 Å². The van der Waals surface area contributed by atoms with Crippen LogP contribution < -0.4 is 10.2 Å². The molecule has 1 heterocycles. The van der Waals surface area contributed by atoms with Gasteiger partial charge in [-0.15, -0.1) is 0 Å². The first-order valence-electron chi connectivity index (χ1n) is 7.60. The Labute approximate surface area is 135 Å². The Morgan fingerprint density at radius 3 is 2.55 bits per heavy atom. The molecule has 3 rings (SSSR count). The number of rotatable bonds is 4. The van der Waals surface area contributed by atoms with Gasteiger partial charge in [0, 0.05) is 18.1 Å². The minimum atomic E-state index is -0.0195. The highest BCUT2D eigenvalue weighted by atomic mass is 35.5. The minimum Gasteiger partial charge on any atom is -0.370 e. The van der Waals surface area contributed by atoms with E-state index in [2.05, 4.69) is 10.2 Å². The van der Waals surface area contributed by atoms with Crippen LogP contribution in [0.2, 0.25) is 5.02 Å². The molecule has 0 unspecified atom stereocenters. The van der Waals surface area contributed by atoms with Crippen molar-refractivity contribution in [3.63, 3.8) is 0 Å². The Hall–Kier alpha value is -2.00. The third-order valence-electron chi connectivity index (χ3n) is 3.89. The molecule has 1 saturated heterocycles. The molecule has 0 radical (unpaired) electrons. The maximum atomic E-state index is 12.3. The molecule has 2 aromatic carbocycles. The highest BCUT2D eigenvalue weighted by molar-refractivity contribution is 6.31. The Morgan fingerprint density at radius 2 is 1.82 bits per heavy atom. The second-order valence-electron chi connectivity index (χ2n) is 5.57. The molecule has 1 aliphatic rings.